The van der Waals surface area contributed by atoms with Gasteiger partial charge in [0, 0.05) is 19.2 Å². The van der Waals surface area contributed by atoms with E-state index in [1.54, 1.807) is 13.3 Å². The molecular formula is C11H16BrClN2O. The van der Waals surface area contributed by atoms with Crippen LogP contribution in [0.4, 0.5) is 5.82 Å². The fourth-order valence-corrected chi connectivity index (χ4v) is 1.98. The quantitative estimate of drug-likeness (QED) is 0.820. The number of halogens is 2. The van der Waals surface area contributed by atoms with Gasteiger partial charge < -0.3 is 10.1 Å². The summed E-state index contributed by atoms with van der Waals surface area (Å²) in [5.74, 6) is 1.44. The summed E-state index contributed by atoms with van der Waals surface area (Å²) in [6, 6.07) is 2.15. The Kier molecular flexibility index (Phi) is 6.09. The van der Waals surface area contributed by atoms with Gasteiger partial charge in [0.2, 0.25) is 0 Å². The number of anilines is 1. The second-order valence-corrected chi connectivity index (χ2v) is 4.74. The molecule has 0 aliphatic carbocycles. The van der Waals surface area contributed by atoms with Crippen molar-refractivity contribution in [2.75, 3.05) is 24.9 Å². The molecule has 0 fully saturated rings. The van der Waals surface area contributed by atoms with Gasteiger partial charge in [-0.25, -0.2) is 4.98 Å². The van der Waals surface area contributed by atoms with Gasteiger partial charge in [0.25, 0.3) is 0 Å². The molecule has 1 unspecified atom stereocenters. The average molecular weight is 308 g/mol. The zero-order valence-corrected chi connectivity index (χ0v) is 11.8. The molecule has 0 saturated carbocycles. The van der Waals surface area contributed by atoms with Crippen LogP contribution in [-0.2, 0) is 4.74 Å². The van der Waals surface area contributed by atoms with Crippen molar-refractivity contribution in [3.63, 3.8) is 0 Å². The third-order valence-electron chi connectivity index (χ3n) is 2.25. The molecule has 0 bridgehead atoms. The zero-order valence-electron chi connectivity index (χ0n) is 9.46. The molecule has 0 radical (unpaired) electrons. The number of pyridine rings is 1. The third-order valence-corrected chi connectivity index (χ3v) is 3.47. The van der Waals surface area contributed by atoms with E-state index >= 15 is 0 Å². The number of nitrogens with zero attached hydrogens (tertiary/aromatic N) is 1. The van der Waals surface area contributed by atoms with Crippen LogP contribution in [-0.4, -0.2) is 30.6 Å². The number of alkyl halides is 1. The first-order chi connectivity index (χ1) is 7.69. The summed E-state index contributed by atoms with van der Waals surface area (Å²) in [5.41, 5.74) is 1.15. The van der Waals surface area contributed by atoms with Crippen LogP contribution in [0.15, 0.2) is 16.7 Å². The molecule has 1 rings (SSSR count). The van der Waals surface area contributed by atoms with Gasteiger partial charge in [-0.15, -0.1) is 11.6 Å². The van der Waals surface area contributed by atoms with Crippen LogP contribution in [0.5, 0.6) is 0 Å². The normalized spacial score (nSPS) is 12.5. The third kappa shape index (κ3) is 3.92. The first kappa shape index (κ1) is 13.7. The molecule has 0 aliphatic heterocycles. The maximum absolute atomic E-state index is 5.74. The fourth-order valence-electron chi connectivity index (χ4n) is 1.36. The van der Waals surface area contributed by atoms with E-state index in [0.29, 0.717) is 12.5 Å². The summed E-state index contributed by atoms with van der Waals surface area (Å²) >= 11 is 9.25. The fraction of sp³-hybridized carbons (Fsp3) is 0.545. The monoisotopic (exact) mass is 306 g/mol. The minimum atomic E-state index is 0.188. The molecule has 1 N–H and O–H groups in total. The predicted molar refractivity (Wildman–Crippen MR) is 71.3 cm³/mol. The van der Waals surface area contributed by atoms with Crippen molar-refractivity contribution in [3.05, 3.63) is 22.3 Å². The summed E-state index contributed by atoms with van der Waals surface area (Å²) in [6.45, 7) is 2.65. The molecule has 16 heavy (non-hydrogen) atoms. The lowest BCUT2D eigenvalue weighted by molar-refractivity contribution is 0.184. The van der Waals surface area contributed by atoms with Crippen molar-refractivity contribution in [2.24, 2.45) is 0 Å². The Morgan fingerprint density at radius 3 is 3.00 bits per heavy atom. The molecule has 90 valence electrons. The lowest BCUT2D eigenvalue weighted by atomic mass is 10.2. The minimum Gasteiger partial charge on any atom is -0.383 e. The van der Waals surface area contributed by atoms with Crippen LogP contribution < -0.4 is 5.32 Å². The van der Waals surface area contributed by atoms with Crippen LogP contribution in [0.3, 0.4) is 0 Å². The largest absolute Gasteiger partial charge is 0.383 e. The number of rotatable bonds is 6. The Bertz CT molecular complexity index is 330. The van der Waals surface area contributed by atoms with Crippen LogP contribution in [0, 0.1) is 6.92 Å². The van der Waals surface area contributed by atoms with Crippen molar-refractivity contribution < 1.29 is 4.74 Å². The molecule has 1 aromatic rings. The maximum atomic E-state index is 5.74. The van der Waals surface area contributed by atoms with Gasteiger partial charge in [-0.05, 0) is 40.9 Å². The van der Waals surface area contributed by atoms with E-state index in [1.807, 2.05) is 13.0 Å². The van der Waals surface area contributed by atoms with Gasteiger partial charge in [0.05, 0.1) is 17.1 Å². The molecule has 0 spiro atoms. The summed E-state index contributed by atoms with van der Waals surface area (Å²) in [7, 11) is 1.68. The van der Waals surface area contributed by atoms with E-state index in [-0.39, 0.29) is 6.04 Å². The molecule has 1 aromatic heterocycles. The maximum Gasteiger partial charge on any atom is 0.140 e. The summed E-state index contributed by atoms with van der Waals surface area (Å²) in [5, 5.41) is 3.32. The van der Waals surface area contributed by atoms with E-state index in [9.17, 15) is 0 Å². The predicted octanol–water partition coefficient (Wildman–Crippen LogP) is 3.21. The van der Waals surface area contributed by atoms with E-state index in [1.165, 1.54) is 0 Å². The molecule has 1 heterocycles. The second-order valence-electron chi connectivity index (χ2n) is 3.56. The van der Waals surface area contributed by atoms with Crippen molar-refractivity contribution >= 4 is 33.3 Å². The van der Waals surface area contributed by atoms with Gasteiger partial charge in [-0.1, -0.05) is 0 Å². The van der Waals surface area contributed by atoms with Crippen molar-refractivity contribution in [1.82, 2.24) is 4.98 Å². The standard InChI is InChI=1S/C11H16BrClN2O/c1-8-4-6-14-11(10(8)12)15-9(3-5-13)7-16-2/h4,6,9H,3,5,7H2,1-2H3,(H,14,15). The molecule has 0 aliphatic rings. The first-order valence-corrected chi connectivity index (χ1v) is 6.44. The Labute approximate surface area is 110 Å². The molecule has 5 heteroatoms. The van der Waals surface area contributed by atoms with Gasteiger partial charge in [0.15, 0.2) is 0 Å². The van der Waals surface area contributed by atoms with Gasteiger partial charge in [0.1, 0.15) is 5.82 Å². The topological polar surface area (TPSA) is 34.1 Å². The number of ether oxygens (including phenoxy) is 1. The van der Waals surface area contributed by atoms with E-state index in [2.05, 4.69) is 26.2 Å². The first-order valence-electron chi connectivity index (χ1n) is 5.11. The molecule has 0 aromatic carbocycles. The van der Waals surface area contributed by atoms with Crippen molar-refractivity contribution in [3.8, 4) is 0 Å². The molecule has 3 nitrogen and oxygen atoms in total. The number of hydrogen-bond donors (Lipinski definition) is 1. The van der Waals surface area contributed by atoms with E-state index in [0.717, 1.165) is 22.3 Å². The van der Waals surface area contributed by atoms with Crippen LogP contribution >= 0.6 is 27.5 Å². The SMILES string of the molecule is COCC(CCCl)Nc1nccc(C)c1Br. The minimum absolute atomic E-state index is 0.188. The highest BCUT2D eigenvalue weighted by atomic mass is 79.9. The molecule has 1 atom stereocenters. The van der Waals surface area contributed by atoms with Crippen molar-refractivity contribution in [1.29, 1.82) is 0 Å². The van der Waals surface area contributed by atoms with E-state index in [4.69, 9.17) is 16.3 Å². The van der Waals surface area contributed by atoms with Gasteiger partial charge >= 0.3 is 0 Å². The molecular weight excluding hydrogens is 291 g/mol. The zero-order chi connectivity index (χ0) is 12.0. The van der Waals surface area contributed by atoms with Gasteiger partial charge in [-0.2, -0.15) is 0 Å². The molecule has 0 amide bonds. The summed E-state index contributed by atoms with van der Waals surface area (Å²) < 4.78 is 6.13. The molecule has 0 saturated heterocycles. The van der Waals surface area contributed by atoms with Crippen LogP contribution in [0.2, 0.25) is 0 Å². The highest BCUT2D eigenvalue weighted by Gasteiger charge is 2.11. The Morgan fingerprint density at radius 1 is 1.62 bits per heavy atom. The van der Waals surface area contributed by atoms with Gasteiger partial charge in [-0.3, -0.25) is 0 Å². The Balaban J connectivity index is 2.72. The number of hydrogen-bond acceptors (Lipinski definition) is 3. The highest BCUT2D eigenvalue weighted by Crippen LogP contribution is 2.24. The number of aryl methyl sites for hydroxylation is 1. The second kappa shape index (κ2) is 7.09. The van der Waals surface area contributed by atoms with Crippen LogP contribution in [0.1, 0.15) is 12.0 Å². The summed E-state index contributed by atoms with van der Waals surface area (Å²) in [6.07, 6.45) is 2.63. The number of methoxy groups -OCH3 is 1. The smallest absolute Gasteiger partial charge is 0.140 e. The highest BCUT2D eigenvalue weighted by molar-refractivity contribution is 9.10. The van der Waals surface area contributed by atoms with Crippen molar-refractivity contribution in [2.45, 2.75) is 19.4 Å². The summed E-state index contributed by atoms with van der Waals surface area (Å²) in [4.78, 5) is 4.29. The Hall–Kier alpha value is -0.320. The lowest BCUT2D eigenvalue weighted by Crippen LogP contribution is -2.26. The average Bonchev–Trinajstić information content (AvgIpc) is 2.25. The van der Waals surface area contributed by atoms with Crippen LogP contribution in [0.25, 0.3) is 0 Å². The van der Waals surface area contributed by atoms with E-state index < -0.39 is 0 Å². The lowest BCUT2D eigenvalue weighted by Gasteiger charge is -2.18. The number of nitrogens with one attached hydrogen (secondary N) is 1. The Morgan fingerprint density at radius 2 is 2.38 bits per heavy atom. The number of aromatic nitrogens is 1.